The molecule has 0 spiro atoms. The van der Waals surface area contributed by atoms with Gasteiger partial charge in [0, 0.05) is 41.3 Å². The third kappa shape index (κ3) is 2.44. The Morgan fingerprint density at radius 2 is 1.64 bits per heavy atom. The van der Waals surface area contributed by atoms with E-state index in [0.717, 1.165) is 22.8 Å². The topological polar surface area (TPSA) is 43.1 Å². The molecule has 0 aliphatic carbocycles. The highest BCUT2D eigenvalue weighted by Gasteiger charge is 2.18. The van der Waals surface area contributed by atoms with E-state index in [0.29, 0.717) is 11.7 Å². The Kier molecular flexibility index (Phi) is 3.49. The maximum atomic E-state index is 14.1. The van der Waals surface area contributed by atoms with Crippen molar-refractivity contribution >= 4 is 5.65 Å². The molecule has 1 aromatic carbocycles. The fraction of sp³-hybridized carbons (Fsp3) is 0.0556. The maximum Gasteiger partial charge on any atom is 0.162 e. The first-order valence-electron chi connectivity index (χ1n) is 7.45. The van der Waals surface area contributed by atoms with Crippen molar-refractivity contribution in [1.29, 1.82) is 0 Å². The van der Waals surface area contributed by atoms with Gasteiger partial charge in [-0.2, -0.15) is 5.10 Å². The smallest absolute Gasteiger partial charge is 0.162 e. The van der Waals surface area contributed by atoms with Crippen LogP contribution in [0.1, 0.15) is 5.56 Å². The van der Waals surface area contributed by atoms with Gasteiger partial charge in [-0.3, -0.25) is 4.98 Å². The average molecular weight is 340 g/mol. The minimum absolute atomic E-state index is 0.112. The van der Waals surface area contributed by atoms with Crippen molar-refractivity contribution in [2.24, 2.45) is 0 Å². The molecule has 7 heteroatoms. The first-order chi connectivity index (χ1) is 12.1. The number of halogens is 3. The lowest BCUT2D eigenvalue weighted by molar-refractivity contribution is 0.496. The van der Waals surface area contributed by atoms with Gasteiger partial charge >= 0.3 is 0 Å². The van der Waals surface area contributed by atoms with Crippen molar-refractivity contribution in [2.75, 3.05) is 0 Å². The van der Waals surface area contributed by atoms with Crippen molar-refractivity contribution in [3.05, 3.63) is 72.1 Å². The Bertz CT molecular complexity index is 1100. The highest BCUT2D eigenvalue weighted by molar-refractivity contribution is 5.80. The second kappa shape index (κ2) is 5.70. The number of aryl methyl sites for hydroxylation is 1. The fourth-order valence-corrected chi connectivity index (χ4v) is 2.75. The number of benzene rings is 1. The summed E-state index contributed by atoms with van der Waals surface area (Å²) >= 11 is 0. The maximum absolute atomic E-state index is 14.1. The van der Waals surface area contributed by atoms with Gasteiger partial charge in [0.2, 0.25) is 0 Å². The van der Waals surface area contributed by atoms with E-state index >= 15 is 0 Å². The van der Waals surface area contributed by atoms with Crippen molar-refractivity contribution in [3.63, 3.8) is 0 Å². The van der Waals surface area contributed by atoms with Gasteiger partial charge in [-0.05, 0) is 30.7 Å². The largest absolute Gasteiger partial charge is 0.264 e. The summed E-state index contributed by atoms with van der Waals surface area (Å²) in [5.41, 5.74) is 3.20. The van der Waals surface area contributed by atoms with Gasteiger partial charge in [0.15, 0.2) is 17.3 Å². The van der Waals surface area contributed by atoms with E-state index in [1.807, 2.05) is 13.0 Å². The van der Waals surface area contributed by atoms with Gasteiger partial charge in [-0.25, -0.2) is 22.7 Å². The lowest BCUT2D eigenvalue weighted by Gasteiger charge is -2.08. The molecule has 25 heavy (non-hydrogen) atoms. The highest BCUT2D eigenvalue weighted by atomic mass is 19.2. The van der Waals surface area contributed by atoms with Crippen LogP contribution >= 0.6 is 0 Å². The third-order valence-corrected chi connectivity index (χ3v) is 4.02. The summed E-state index contributed by atoms with van der Waals surface area (Å²) in [6.45, 7) is 1.94. The van der Waals surface area contributed by atoms with E-state index in [-0.39, 0.29) is 11.3 Å². The second-order valence-corrected chi connectivity index (χ2v) is 5.56. The van der Waals surface area contributed by atoms with E-state index in [1.54, 1.807) is 18.5 Å². The molecule has 3 heterocycles. The molecule has 0 fully saturated rings. The molecule has 4 rings (SSSR count). The lowest BCUT2D eigenvalue weighted by Crippen LogP contribution is -1.99. The number of aromatic nitrogens is 4. The van der Waals surface area contributed by atoms with Crippen molar-refractivity contribution < 1.29 is 13.2 Å². The zero-order valence-corrected chi connectivity index (χ0v) is 13.0. The number of pyridine rings is 1. The molecule has 0 aliphatic heterocycles. The summed E-state index contributed by atoms with van der Waals surface area (Å²) in [6.07, 6.45) is 6.31. The minimum atomic E-state index is -1.24. The molecular weight excluding hydrogens is 329 g/mol. The first-order valence-corrected chi connectivity index (χ1v) is 7.45. The summed E-state index contributed by atoms with van der Waals surface area (Å²) in [7, 11) is 0. The summed E-state index contributed by atoms with van der Waals surface area (Å²) < 4.78 is 42.3. The van der Waals surface area contributed by atoms with Gasteiger partial charge in [-0.15, -0.1) is 0 Å². The van der Waals surface area contributed by atoms with Crippen molar-refractivity contribution in [3.8, 4) is 22.4 Å². The predicted molar refractivity (Wildman–Crippen MR) is 86.3 cm³/mol. The second-order valence-electron chi connectivity index (χ2n) is 5.56. The van der Waals surface area contributed by atoms with Crippen LogP contribution in [0.25, 0.3) is 28.0 Å². The molecule has 4 aromatic rings. The zero-order chi connectivity index (χ0) is 17.6. The van der Waals surface area contributed by atoms with Gasteiger partial charge in [-0.1, -0.05) is 0 Å². The molecule has 0 unspecified atom stereocenters. The molecule has 0 bridgehead atoms. The molecule has 0 radical (unpaired) electrons. The van der Waals surface area contributed by atoms with Crippen molar-refractivity contribution in [1.82, 2.24) is 19.6 Å². The van der Waals surface area contributed by atoms with Crippen LogP contribution in [-0.2, 0) is 0 Å². The van der Waals surface area contributed by atoms with Crippen LogP contribution in [0.5, 0.6) is 0 Å². The van der Waals surface area contributed by atoms with Crippen LogP contribution in [0.15, 0.2) is 49.1 Å². The van der Waals surface area contributed by atoms with Crippen LogP contribution in [0.3, 0.4) is 0 Å². The fourth-order valence-electron chi connectivity index (χ4n) is 2.75. The number of hydrogen-bond donors (Lipinski definition) is 0. The minimum Gasteiger partial charge on any atom is -0.264 e. The molecule has 0 N–H and O–H groups in total. The zero-order valence-electron chi connectivity index (χ0n) is 13.0. The lowest BCUT2D eigenvalue weighted by atomic mass is 10.1. The summed E-state index contributed by atoms with van der Waals surface area (Å²) in [6, 6.07) is 4.96. The predicted octanol–water partition coefficient (Wildman–Crippen LogP) is 4.18. The van der Waals surface area contributed by atoms with Crippen LogP contribution < -0.4 is 0 Å². The van der Waals surface area contributed by atoms with E-state index in [9.17, 15) is 13.2 Å². The molecule has 0 amide bonds. The van der Waals surface area contributed by atoms with Gasteiger partial charge in [0.1, 0.15) is 5.82 Å². The molecule has 0 atom stereocenters. The summed E-state index contributed by atoms with van der Waals surface area (Å²) in [5, 5.41) is 4.18. The molecule has 124 valence electrons. The monoisotopic (exact) mass is 340 g/mol. The third-order valence-electron chi connectivity index (χ3n) is 4.02. The van der Waals surface area contributed by atoms with E-state index in [1.165, 1.54) is 16.9 Å². The van der Waals surface area contributed by atoms with Crippen LogP contribution in [-0.4, -0.2) is 19.6 Å². The number of imidazole rings is 1. The van der Waals surface area contributed by atoms with Gasteiger partial charge in [0.25, 0.3) is 0 Å². The molecule has 4 nitrogen and oxygen atoms in total. The SMILES string of the molecule is Cc1ccncc1-c1ccnn2c(-c3cc(F)c(F)cc3F)cnc12. The first kappa shape index (κ1) is 15.3. The van der Waals surface area contributed by atoms with Crippen LogP contribution in [0.4, 0.5) is 13.2 Å². The standard InChI is InChI=1S/C18H11F3N4/c1-10-2-4-22-8-13(10)11-3-5-24-25-17(9-23-18(11)25)12-6-15(20)16(21)7-14(12)19/h2-9H,1H3. The molecule has 3 aromatic heterocycles. The highest BCUT2D eigenvalue weighted by Crippen LogP contribution is 2.30. The van der Waals surface area contributed by atoms with Crippen molar-refractivity contribution in [2.45, 2.75) is 6.92 Å². The number of nitrogens with zero attached hydrogens (tertiary/aromatic N) is 4. The summed E-state index contributed by atoms with van der Waals surface area (Å²) in [4.78, 5) is 8.42. The van der Waals surface area contributed by atoms with Crippen LogP contribution in [0, 0.1) is 24.4 Å². The average Bonchev–Trinajstić information content (AvgIpc) is 3.03. The number of fused-ring (bicyclic) bond motifs is 1. The molecule has 0 aliphatic rings. The van der Waals surface area contributed by atoms with Gasteiger partial charge in [0.05, 0.1) is 11.9 Å². The molecule has 0 saturated heterocycles. The van der Waals surface area contributed by atoms with E-state index in [4.69, 9.17) is 0 Å². The Balaban J connectivity index is 1.97. The number of hydrogen-bond acceptors (Lipinski definition) is 3. The normalized spacial score (nSPS) is 11.2. The Labute approximate surface area is 140 Å². The quantitative estimate of drug-likeness (QED) is 0.514. The molecule has 0 saturated carbocycles. The molecular formula is C18H11F3N4. The van der Waals surface area contributed by atoms with Gasteiger partial charge < -0.3 is 0 Å². The number of rotatable bonds is 2. The Morgan fingerprint density at radius 1 is 0.840 bits per heavy atom. The van der Waals surface area contributed by atoms with E-state index < -0.39 is 17.5 Å². The van der Waals surface area contributed by atoms with E-state index in [2.05, 4.69) is 15.1 Å². The summed E-state index contributed by atoms with van der Waals surface area (Å²) in [5.74, 6) is -3.26. The van der Waals surface area contributed by atoms with Crippen LogP contribution in [0.2, 0.25) is 0 Å². The Hall–Kier alpha value is -3.22. The Morgan fingerprint density at radius 3 is 2.44 bits per heavy atom.